The van der Waals surface area contributed by atoms with Gasteiger partial charge in [-0.15, -0.1) is 0 Å². The average Bonchev–Trinajstić information content (AvgIpc) is 2.26. The van der Waals surface area contributed by atoms with Gasteiger partial charge in [-0.2, -0.15) is 8.78 Å². The molecule has 0 amide bonds. The summed E-state index contributed by atoms with van der Waals surface area (Å²) in [5.41, 5.74) is -1.73. The van der Waals surface area contributed by atoms with Crippen LogP contribution in [-0.4, -0.2) is 25.2 Å². The highest BCUT2D eigenvalue weighted by Crippen LogP contribution is 2.27. The molecule has 0 saturated carbocycles. The summed E-state index contributed by atoms with van der Waals surface area (Å²) >= 11 is 0. The molecule has 0 spiro atoms. The van der Waals surface area contributed by atoms with Gasteiger partial charge in [-0.3, -0.25) is 9.59 Å². The Balaban J connectivity index is 4.98. The topological polar surface area (TPSA) is 52.6 Å². The Morgan fingerprint density at radius 1 is 1.12 bits per heavy atom. The van der Waals surface area contributed by atoms with Crippen LogP contribution in [0.3, 0.4) is 0 Å². The normalized spacial score (nSPS) is 10.6. The summed E-state index contributed by atoms with van der Waals surface area (Å²) in [6.45, 7) is 4.48. The van der Waals surface area contributed by atoms with Gasteiger partial charge in [-0.1, -0.05) is 0 Å². The minimum absolute atomic E-state index is 0.0651. The van der Waals surface area contributed by atoms with Crippen molar-refractivity contribution in [2.75, 3.05) is 13.2 Å². The van der Waals surface area contributed by atoms with E-state index in [0.717, 1.165) is 0 Å². The van der Waals surface area contributed by atoms with E-state index in [1.54, 1.807) is 13.8 Å². The van der Waals surface area contributed by atoms with Crippen LogP contribution in [0.4, 0.5) is 8.78 Å². The van der Waals surface area contributed by atoms with Crippen molar-refractivity contribution in [2.24, 2.45) is 5.41 Å². The lowest BCUT2D eigenvalue weighted by molar-refractivity contribution is -0.170. The van der Waals surface area contributed by atoms with Gasteiger partial charge in [0.1, 0.15) is 0 Å². The minimum atomic E-state index is -1.95. The number of allylic oxidation sites excluding steroid dienone is 1. The maximum absolute atomic E-state index is 12.0. The smallest absolute Gasteiger partial charge is 0.323 e. The molecule has 4 nitrogen and oxygen atoms in total. The Morgan fingerprint density at radius 2 is 1.53 bits per heavy atom. The highest BCUT2D eigenvalue weighted by molar-refractivity contribution is 5.99. The summed E-state index contributed by atoms with van der Waals surface area (Å²) in [6.07, 6.45) is -1.90. The molecule has 0 aromatic rings. The summed E-state index contributed by atoms with van der Waals surface area (Å²) in [7, 11) is 0. The molecule has 0 aliphatic heterocycles. The van der Waals surface area contributed by atoms with E-state index in [2.05, 4.69) is 0 Å². The number of carbonyl (C=O) groups is 2. The van der Waals surface area contributed by atoms with Gasteiger partial charge in [0.05, 0.1) is 13.2 Å². The molecule has 6 heteroatoms. The Kier molecular flexibility index (Phi) is 6.38. The van der Waals surface area contributed by atoms with Crippen LogP contribution in [0, 0.1) is 5.41 Å². The third-order valence-corrected chi connectivity index (χ3v) is 2.12. The molecule has 0 fully saturated rings. The molecule has 0 aliphatic rings. The van der Waals surface area contributed by atoms with Gasteiger partial charge in [0.15, 0.2) is 5.41 Å². The molecule has 0 aliphatic carbocycles. The fourth-order valence-corrected chi connectivity index (χ4v) is 1.11. The second kappa shape index (κ2) is 6.98. The minimum Gasteiger partial charge on any atom is -0.465 e. The van der Waals surface area contributed by atoms with Crippen molar-refractivity contribution < 1.29 is 27.8 Å². The fourth-order valence-electron chi connectivity index (χ4n) is 1.11. The zero-order valence-electron chi connectivity index (χ0n) is 10.1. The van der Waals surface area contributed by atoms with Gasteiger partial charge in [0, 0.05) is 0 Å². The van der Waals surface area contributed by atoms with Crippen molar-refractivity contribution in [3.8, 4) is 0 Å². The van der Waals surface area contributed by atoms with Crippen molar-refractivity contribution in [1.29, 1.82) is 0 Å². The van der Waals surface area contributed by atoms with Crippen molar-refractivity contribution >= 4 is 11.9 Å². The fraction of sp³-hybridized carbons (Fsp3) is 0.636. The largest absolute Gasteiger partial charge is 0.465 e. The molecule has 0 atom stereocenters. The van der Waals surface area contributed by atoms with E-state index in [-0.39, 0.29) is 13.2 Å². The Bertz CT molecular complexity index is 291. The molecule has 0 heterocycles. The van der Waals surface area contributed by atoms with Crippen LogP contribution in [0.1, 0.15) is 27.2 Å². The summed E-state index contributed by atoms with van der Waals surface area (Å²) in [4.78, 5) is 23.2. The number of carbonyl (C=O) groups excluding carboxylic acids is 2. The average molecular weight is 250 g/mol. The zero-order valence-corrected chi connectivity index (χ0v) is 10.1. The van der Waals surface area contributed by atoms with Gasteiger partial charge in [-0.05, 0) is 33.3 Å². The van der Waals surface area contributed by atoms with E-state index < -0.39 is 29.9 Å². The van der Waals surface area contributed by atoms with Gasteiger partial charge >= 0.3 is 11.9 Å². The molecule has 0 aromatic carbocycles. The van der Waals surface area contributed by atoms with Crippen molar-refractivity contribution in [2.45, 2.75) is 27.2 Å². The monoisotopic (exact) mass is 250 g/mol. The number of hydrogen-bond donors (Lipinski definition) is 0. The van der Waals surface area contributed by atoms with E-state index in [0.29, 0.717) is 6.08 Å². The zero-order chi connectivity index (χ0) is 13.5. The number of ether oxygens (including phenoxy) is 2. The molecule has 98 valence electrons. The quantitative estimate of drug-likeness (QED) is 0.536. The summed E-state index contributed by atoms with van der Waals surface area (Å²) in [6, 6.07) is 0. The number of hydrogen-bond acceptors (Lipinski definition) is 4. The van der Waals surface area contributed by atoms with E-state index in [1.807, 2.05) is 0 Å². The molecular formula is C11H16F2O4. The SMILES string of the molecule is CCOC(=O)C(C)(CC=C(F)F)C(=O)OCC. The van der Waals surface area contributed by atoms with Gasteiger partial charge in [-0.25, -0.2) is 0 Å². The number of halogens is 2. The Labute approximate surface area is 98.6 Å². The number of rotatable bonds is 6. The molecule has 0 N–H and O–H groups in total. The molecule has 0 radical (unpaired) electrons. The van der Waals surface area contributed by atoms with Crippen LogP contribution < -0.4 is 0 Å². The lowest BCUT2D eigenvalue weighted by Crippen LogP contribution is -2.39. The first-order valence-corrected chi connectivity index (χ1v) is 5.24. The van der Waals surface area contributed by atoms with E-state index >= 15 is 0 Å². The molecule has 0 bridgehead atoms. The highest BCUT2D eigenvalue weighted by atomic mass is 19.3. The van der Waals surface area contributed by atoms with E-state index in [9.17, 15) is 18.4 Å². The van der Waals surface area contributed by atoms with Gasteiger partial charge < -0.3 is 9.47 Å². The van der Waals surface area contributed by atoms with Gasteiger partial charge in [0.2, 0.25) is 0 Å². The third-order valence-electron chi connectivity index (χ3n) is 2.12. The third kappa shape index (κ3) is 4.50. The van der Waals surface area contributed by atoms with Crippen molar-refractivity contribution in [3.63, 3.8) is 0 Å². The first-order valence-electron chi connectivity index (χ1n) is 5.24. The predicted molar refractivity (Wildman–Crippen MR) is 56.3 cm³/mol. The Hall–Kier alpha value is -1.46. The number of esters is 2. The molecule has 0 unspecified atom stereocenters. The van der Waals surface area contributed by atoms with Crippen LogP contribution >= 0.6 is 0 Å². The second-order valence-corrected chi connectivity index (χ2v) is 3.47. The molecule has 0 rings (SSSR count). The van der Waals surface area contributed by atoms with Crippen molar-refractivity contribution in [3.05, 3.63) is 12.2 Å². The molecule has 0 saturated heterocycles. The van der Waals surface area contributed by atoms with E-state index in [4.69, 9.17) is 9.47 Å². The standard InChI is InChI=1S/C11H16F2O4/c1-4-16-9(14)11(3,7-6-8(12)13)10(15)17-5-2/h6H,4-5,7H2,1-3H3. The molecule has 0 aromatic heterocycles. The Morgan fingerprint density at radius 3 is 1.82 bits per heavy atom. The second-order valence-electron chi connectivity index (χ2n) is 3.47. The van der Waals surface area contributed by atoms with Crippen LogP contribution in [0.25, 0.3) is 0 Å². The predicted octanol–water partition coefficient (Wildman–Crippen LogP) is 2.29. The first kappa shape index (κ1) is 15.5. The highest BCUT2D eigenvalue weighted by Gasteiger charge is 2.43. The molecular weight excluding hydrogens is 234 g/mol. The maximum atomic E-state index is 12.0. The summed E-state index contributed by atoms with van der Waals surface area (Å²) in [5.74, 6) is -1.73. The van der Waals surface area contributed by atoms with E-state index in [1.165, 1.54) is 6.92 Å². The van der Waals surface area contributed by atoms with Crippen LogP contribution in [-0.2, 0) is 19.1 Å². The molecule has 17 heavy (non-hydrogen) atoms. The van der Waals surface area contributed by atoms with Crippen LogP contribution in [0.2, 0.25) is 0 Å². The summed E-state index contributed by atoms with van der Waals surface area (Å²) < 4.78 is 33.4. The lowest BCUT2D eigenvalue weighted by atomic mass is 9.87. The van der Waals surface area contributed by atoms with Crippen LogP contribution in [0.15, 0.2) is 12.2 Å². The maximum Gasteiger partial charge on any atom is 0.323 e. The van der Waals surface area contributed by atoms with Crippen LogP contribution in [0.5, 0.6) is 0 Å². The lowest BCUT2D eigenvalue weighted by Gasteiger charge is -2.23. The first-order chi connectivity index (χ1) is 7.88. The van der Waals surface area contributed by atoms with Crippen molar-refractivity contribution in [1.82, 2.24) is 0 Å². The summed E-state index contributed by atoms with van der Waals surface area (Å²) in [5, 5.41) is 0. The van der Waals surface area contributed by atoms with Gasteiger partial charge in [0.25, 0.3) is 6.08 Å².